The Morgan fingerprint density at radius 1 is 1.33 bits per heavy atom. The topological polar surface area (TPSA) is 64.9 Å². The molecule has 1 aromatic rings. The van der Waals surface area contributed by atoms with Crippen molar-refractivity contribution in [3.8, 4) is 0 Å². The first kappa shape index (κ1) is 12.5. The Hall–Kier alpha value is -0.550. The Kier molecular flexibility index (Phi) is 3.36. The minimum atomic E-state index is -0.350. The second-order valence-electron chi connectivity index (χ2n) is 5.80. The highest BCUT2D eigenvalue weighted by molar-refractivity contribution is 7.99. The molecule has 0 aromatic carbocycles. The molecule has 4 nitrogen and oxygen atoms in total. The van der Waals surface area contributed by atoms with Gasteiger partial charge < -0.3 is 10.3 Å². The minimum Gasteiger partial charge on any atom is -0.338 e. The fourth-order valence-corrected chi connectivity index (χ4v) is 4.03. The molecule has 18 heavy (non-hydrogen) atoms. The zero-order valence-electron chi connectivity index (χ0n) is 10.9. The van der Waals surface area contributed by atoms with Crippen LogP contribution in [0.4, 0.5) is 0 Å². The summed E-state index contributed by atoms with van der Waals surface area (Å²) in [6.07, 6.45) is 6.69. The highest BCUT2D eigenvalue weighted by atomic mass is 32.2. The van der Waals surface area contributed by atoms with Crippen LogP contribution in [0.25, 0.3) is 0 Å². The summed E-state index contributed by atoms with van der Waals surface area (Å²) in [7, 11) is 0. The number of hydrogen-bond acceptors (Lipinski definition) is 5. The van der Waals surface area contributed by atoms with E-state index in [0.717, 1.165) is 36.9 Å². The molecule has 5 heteroatoms. The summed E-state index contributed by atoms with van der Waals surface area (Å²) in [6, 6.07) is 0. The maximum atomic E-state index is 6.46. The van der Waals surface area contributed by atoms with Crippen molar-refractivity contribution in [1.29, 1.82) is 0 Å². The van der Waals surface area contributed by atoms with Crippen LogP contribution >= 0.6 is 11.8 Å². The molecule has 1 atom stereocenters. The molecule has 2 aliphatic rings. The second-order valence-corrected chi connectivity index (χ2v) is 7.11. The maximum Gasteiger partial charge on any atom is 0.239 e. The normalized spacial score (nSPS) is 37.0. The third-order valence-corrected chi connectivity index (χ3v) is 5.62. The van der Waals surface area contributed by atoms with E-state index in [1.807, 2.05) is 11.8 Å². The van der Waals surface area contributed by atoms with E-state index in [4.69, 9.17) is 10.3 Å². The van der Waals surface area contributed by atoms with E-state index in [9.17, 15) is 0 Å². The van der Waals surface area contributed by atoms with Gasteiger partial charge >= 0.3 is 0 Å². The Morgan fingerprint density at radius 3 is 2.78 bits per heavy atom. The van der Waals surface area contributed by atoms with Crippen molar-refractivity contribution >= 4 is 11.8 Å². The third kappa shape index (κ3) is 2.30. The van der Waals surface area contributed by atoms with Gasteiger partial charge in [-0.15, -0.1) is 11.8 Å². The first-order valence-electron chi connectivity index (χ1n) is 6.92. The van der Waals surface area contributed by atoms with Gasteiger partial charge in [-0.1, -0.05) is 12.1 Å². The third-order valence-electron chi connectivity index (χ3n) is 4.26. The van der Waals surface area contributed by atoms with Gasteiger partial charge in [0.25, 0.3) is 0 Å². The number of rotatable bonds is 2. The first-order chi connectivity index (χ1) is 8.67. The van der Waals surface area contributed by atoms with Gasteiger partial charge in [-0.05, 0) is 50.2 Å². The number of thioether (sulfide) groups is 1. The van der Waals surface area contributed by atoms with Crippen LogP contribution in [0, 0.1) is 5.92 Å². The van der Waals surface area contributed by atoms with Crippen LogP contribution in [0.2, 0.25) is 0 Å². The summed E-state index contributed by atoms with van der Waals surface area (Å²) < 4.78 is 5.43. The van der Waals surface area contributed by atoms with Crippen molar-refractivity contribution in [3.05, 3.63) is 11.7 Å². The average molecular weight is 267 g/mol. The SMILES string of the molecule is CC1CCC(N)(c2noc(C3CCCS3)n2)CC1. The molecule has 1 aliphatic heterocycles. The molecule has 0 spiro atoms. The molecule has 1 saturated heterocycles. The molecule has 100 valence electrons. The van der Waals surface area contributed by atoms with Crippen LogP contribution in [-0.4, -0.2) is 15.9 Å². The van der Waals surface area contributed by atoms with Gasteiger partial charge in [0.05, 0.1) is 10.8 Å². The molecular weight excluding hydrogens is 246 g/mol. The van der Waals surface area contributed by atoms with Crippen molar-refractivity contribution in [2.45, 2.75) is 56.2 Å². The van der Waals surface area contributed by atoms with Crippen LogP contribution < -0.4 is 5.73 Å². The van der Waals surface area contributed by atoms with Crippen molar-refractivity contribution in [3.63, 3.8) is 0 Å². The standard InChI is InChI=1S/C13H21N3OS/c1-9-4-6-13(14,7-5-9)12-15-11(17-16-12)10-3-2-8-18-10/h9-10H,2-8,14H2,1H3. The highest BCUT2D eigenvalue weighted by Gasteiger charge is 2.37. The first-order valence-corrected chi connectivity index (χ1v) is 7.97. The molecule has 0 radical (unpaired) electrons. The van der Waals surface area contributed by atoms with Crippen LogP contribution in [0.15, 0.2) is 4.52 Å². The molecule has 1 aromatic heterocycles. The van der Waals surface area contributed by atoms with Gasteiger partial charge in [-0.2, -0.15) is 4.98 Å². The van der Waals surface area contributed by atoms with E-state index in [2.05, 4.69) is 17.1 Å². The molecule has 1 unspecified atom stereocenters. The Morgan fingerprint density at radius 2 is 2.11 bits per heavy atom. The Balaban J connectivity index is 1.75. The number of hydrogen-bond donors (Lipinski definition) is 1. The lowest BCUT2D eigenvalue weighted by atomic mass is 9.77. The molecular formula is C13H21N3OS. The summed E-state index contributed by atoms with van der Waals surface area (Å²) in [4.78, 5) is 4.59. The van der Waals surface area contributed by atoms with Gasteiger partial charge in [0.2, 0.25) is 5.89 Å². The van der Waals surface area contributed by atoms with Crippen LogP contribution in [0.5, 0.6) is 0 Å². The molecule has 3 rings (SSSR count). The van der Waals surface area contributed by atoms with Crippen molar-refractivity contribution in [2.75, 3.05) is 5.75 Å². The molecule has 2 heterocycles. The predicted molar refractivity (Wildman–Crippen MR) is 72.2 cm³/mol. The van der Waals surface area contributed by atoms with Gasteiger partial charge in [0.15, 0.2) is 5.82 Å². The van der Waals surface area contributed by atoms with Crippen molar-refractivity contribution < 1.29 is 4.52 Å². The molecule has 1 saturated carbocycles. The fraction of sp³-hybridized carbons (Fsp3) is 0.846. The van der Waals surface area contributed by atoms with Crippen molar-refractivity contribution in [1.82, 2.24) is 10.1 Å². The summed E-state index contributed by atoms with van der Waals surface area (Å²) in [5.74, 6) is 3.50. The lowest BCUT2D eigenvalue weighted by molar-refractivity contribution is 0.230. The van der Waals surface area contributed by atoms with Gasteiger partial charge in [0.1, 0.15) is 0 Å². The number of nitrogens with zero attached hydrogens (tertiary/aromatic N) is 2. The van der Waals surface area contributed by atoms with E-state index in [1.165, 1.54) is 25.0 Å². The van der Waals surface area contributed by atoms with E-state index >= 15 is 0 Å². The van der Waals surface area contributed by atoms with E-state index in [0.29, 0.717) is 5.25 Å². The zero-order valence-corrected chi connectivity index (χ0v) is 11.7. The largest absolute Gasteiger partial charge is 0.338 e. The molecule has 2 fully saturated rings. The smallest absolute Gasteiger partial charge is 0.239 e. The molecule has 0 amide bonds. The second kappa shape index (κ2) is 4.85. The lowest BCUT2D eigenvalue weighted by Crippen LogP contribution is -2.41. The predicted octanol–water partition coefficient (Wildman–Crippen LogP) is 3.00. The van der Waals surface area contributed by atoms with E-state index < -0.39 is 0 Å². The zero-order chi connectivity index (χ0) is 12.6. The van der Waals surface area contributed by atoms with Crippen LogP contribution in [0.1, 0.15) is 62.4 Å². The summed E-state index contributed by atoms with van der Waals surface area (Å²) in [5, 5.41) is 4.56. The van der Waals surface area contributed by atoms with Crippen molar-refractivity contribution in [2.24, 2.45) is 11.7 Å². The summed E-state index contributed by atoms with van der Waals surface area (Å²) in [6.45, 7) is 2.29. The maximum absolute atomic E-state index is 6.46. The van der Waals surface area contributed by atoms with Gasteiger partial charge in [-0.25, -0.2) is 0 Å². The minimum absolute atomic E-state index is 0.350. The highest BCUT2D eigenvalue weighted by Crippen LogP contribution is 2.41. The van der Waals surface area contributed by atoms with Gasteiger partial charge in [-0.3, -0.25) is 0 Å². The Bertz CT molecular complexity index is 406. The molecule has 0 bridgehead atoms. The molecule has 2 N–H and O–H groups in total. The van der Waals surface area contributed by atoms with E-state index in [1.54, 1.807) is 0 Å². The fourth-order valence-electron chi connectivity index (χ4n) is 2.84. The van der Waals surface area contributed by atoms with E-state index in [-0.39, 0.29) is 5.54 Å². The number of nitrogens with two attached hydrogens (primary N) is 1. The monoisotopic (exact) mass is 267 g/mol. The van der Waals surface area contributed by atoms with Crippen LogP contribution in [-0.2, 0) is 5.54 Å². The van der Waals surface area contributed by atoms with Gasteiger partial charge in [0, 0.05) is 0 Å². The Labute approximate surface area is 112 Å². The lowest BCUT2D eigenvalue weighted by Gasteiger charge is -2.33. The summed E-state index contributed by atoms with van der Waals surface area (Å²) in [5.41, 5.74) is 6.11. The average Bonchev–Trinajstić information content (AvgIpc) is 3.01. The molecule has 1 aliphatic carbocycles. The summed E-state index contributed by atoms with van der Waals surface area (Å²) >= 11 is 1.92. The number of aromatic nitrogens is 2. The van der Waals surface area contributed by atoms with Crippen LogP contribution in [0.3, 0.4) is 0 Å². The quantitative estimate of drug-likeness (QED) is 0.892.